The van der Waals surface area contributed by atoms with Crippen LogP contribution in [0, 0.1) is 12.3 Å². The third-order valence-electron chi connectivity index (χ3n) is 2.46. The summed E-state index contributed by atoms with van der Waals surface area (Å²) in [5, 5.41) is 0. The van der Waals surface area contributed by atoms with Gasteiger partial charge < -0.3 is 0 Å². The first kappa shape index (κ1) is 7.73. The van der Waals surface area contributed by atoms with E-state index in [0.29, 0.717) is 11.3 Å². The first-order valence-electron chi connectivity index (χ1n) is 8.50. The first-order chi connectivity index (χ1) is 10.4. The molecule has 1 nitrogen and oxygen atoms in total. The number of benzene rings is 1. The zero-order valence-electron chi connectivity index (χ0n) is 16.0. The second-order valence-corrected chi connectivity index (χ2v) is 5.38. The molecule has 2 aromatic rings. The predicted molar refractivity (Wildman–Crippen MR) is 77.6 cm³/mol. The van der Waals surface area contributed by atoms with E-state index >= 15 is 0 Å². The lowest BCUT2D eigenvalue weighted by Crippen LogP contribution is -2.09. The number of rotatable bonds is 2. The lowest BCUT2D eigenvalue weighted by atomic mass is 9.88. The van der Waals surface area contributed by atoms with E-state index in [1.807, 2.05) is 20.8 Å². The maximum absolute atomic E-state index is 8.36. The minimum Gasteiger partial charge on any atom is -0.256 e. The van der Waals surface area contributed by atoms with Crippen LogP contribution in [0.2, 0.25) is 0 Å². The molecule has 94 valence electrons. The fourth-order valence-corrected chi connectivity index (χ4v) is 1.74. The molecule has 0 aliphatic heterocycles. The molecule has 18 heavy (non-hydrogen) atoms. The van der Waals surface area contributed by atoms with E-state index in [0.717, 1.165) is 5.56 Å². The van der Waals surface area contributed by atoms with Crippen LogP contribution in [0.1, 0.15) is 38.8 Å². The number of pyridine rings is 1. The Morgan fingerprint density at radius 1 is 1.17 bits per heavy atom. The van der Waals surface area contributed by atoms with Crippen LogP contribution in [0.4, 0.5) is 0 Å². The minimum atomic E-state index is -2.13. The molecule has 2 rings (SSSR count). The molecule has 0 radical (unpaired) electrons. The molecular formula is C17H21N. The fraction of sp³-hybridized carbons (Fsp3) is 0.353. The topological polar surface area (TPSA) is 12.9 Å². The van der Waals surface area contributed by atoms with Gasteiger partial charge in [-0.1, -0.05) is 50.6 Å². The summed E-state index contributed by atoms with van der Waals surface area (Å²) < 4.78 is 38.9. The summed E-state index contributed by atoms with van der Waals surface area (Å²) in [4.78, 5) is 4.29. The maximum atomic E-state index is 8.36. The van der Waals surface area contributed by atoms with Crippen molar-refractivity contribution in [2.24, 2.45) is 5.41 Å². The summed E-state index contributed by atoms with van der Waals surface area (Å²) in [6.07, 6.45) is 0.0925. The van der Waals surface area contributed by atoms with E-state index in [1.54, 1.807) is 42.6 Å². The van der Waals surface area contributed by atoms with Crippen molar-refractivity contribution in [3.8, 4) is 11.3 Å². The summed E-state index contributed by atoms with van der Waals surface area (Å²) in [6.45, 7) is 3.45. The molecule has 0 bridgehead atoms. The van der Waals surface area contributed by atoms with Gasteiger partial charge in [-0.2, -0.15) is 0 Å². The van der Waals surface area contributed by atoms with Gasteiger partial charge in [0.2, 0.25) is 0 Å². The van der Waals surface area contributed by atoms with E-state index < -0.39 is 18.6 Å². The van der Waals surface area contributed by atoms with Gasteiger partial charge in [0, 0.05) is 18.6 Å². The highest BCUT2D eigenvalue weighted by Crippen LogP contribution is 2.23. The molecule has 0 saturated heterocycles. The highest BCUT2D eigenvalue weighted by atomic mass is 14.7. The molecule has 0 N–H and O–H groups in total. The molecule has 0 spiro atoms. The molecule has 0 saturated carbocycles. The predicted octanol–water partition coefficient (Wildman–Crippen LogP) is 4.65. The molecule has 0 unspecified atom stereocenters. The van der Waals surface area contributed by atoms with E-state index in [4.69, 9.17) is 6.85 Å². The van der Waals surface area contributed by atoms with Gasteiger partial charge in [-0.15, -0.1) is 0 Å². The van der Waals surface area contributed by atoms with Crippen LogP contribution in [-0.4, -0.2) is 4.98 Å². The Bertz CT molecular complexity index is 681. The van der Waals surface area contributed by atoms with Gasteiger partial charge in [-0.05, 0) is 36.3 Å². The highest BCUT2D eigenvalue weighted by molar-refractivity contribution is 5.60. The lowest BCUT2D eigenvalue weighted by Gasteiger charge is -2.18. The number of nitrogens with zero attached hydrogens (tertiary/aromatic N) is 1. The van der Waals surface area contributed by atoms with Crippen molar-refractivity contribution in [2.75, 3.05) is 0 Å². The second kappa shape index (κ2) is 4.93. The smallest absolute Gasteiger partial charge is 0.0704 e. The molecular weight excluding hydrogens is 218 g/mol. The number of hydrogen-bond acceptors (Lipinski definition) is 1. The van der Waals surface area contributed by atoms with Gasteiger partial charge >= 0.3 is 0 Å². The molecule has 0 fully saturated rings. The Hall–Kier alpha value is -1.63. The third kappa shape index (κ3) is 3.43. The van der Waals surface area contributed by atoms with Crippen molar-refractivity contribution in [1.29, 1.82) is 0 Å². The van der Waals surface area contributed by atoms with Gasteiger partial charge in [0.25, 0.3) is 0 Å². The van der Waals surface area contributed by atoms with Crippen LogP contribution < -0.4 is 0 Å². The molecule has 1 aromatic carbocycles. The molecule has 0 aliphatic carbocycles. The van der Waals surface area contributed by atoms with E-state index in [2.05, 4.69) is 4.98 Å². The molecule has 1 aromatic heterocycles. The quantitative estimate of drug-likeness (QED) is 0.749. The first-order valence-corrected chi connectivity index (χ1v) is 6.00. The average molecular weight is 244 g/mol. The Morgan fingerprint density at radius 3 is 2.50 bits per heavy atom. The van der Waals surface area contributed by atoms with Crippen LogP contribution in [0.3, 0.4) is 0 Å². The monoisotopic (exact) mass is 244 g/mol. The number of hydrogen-bond donors (Lipinski definition) is 0. The zero-order valence-corrected chi connectivity index (χ0v) is 11.0. The Morgan fingerprint density at radius 2 is 1.89 bits per heavy atom. The molecule has 0 aliphatic rings. The van der Waals surface area contributed by atoms with Crippen molar-refractivity contribution in [1.82, 2.24) is 4.98 Å². The van der Waals surface area contributed by atoms with Crippen LogP contribution in [0.25, 0.3) is 11.3 Å². The molecule has 1 heterocycles. The van der Waals surface area contributed by atoms with Crippen molar-refractivity contribution in [2.45, 2.75) is 34.0 Å². The van der Waals surface area contributed by atoms with Crippen LogP contribution in [0.5, 0.6) is 0 Å². The number of aromatic nitrogens is 1. The minimum absolute atomic E-state index is 0.280. The summed E-state index contributed by atoms with van der Waals surface area (Å²) in [5.41, 5.74) is 1.70. The SMILES string of the molecule is [2H]C([2H])([2H])c1ccc(-c2cc(C([2H])([2H])C(C)(C)C)ccn2)cc1. The molecule has 0 atom stereocenters. The molecule has 0 amide bonds. The number of aryl methyl sites for hydroxylation is 1. The normalized spacial score (nSPS) is 17.2. The van der Waals surface area contributed by atoms with E-state index in [-0.39, 0.29) is 5.56 Å². The van der Waals surface area contributed by atoms with Gasteiger partial charge in [-0.25, -0.2) is 0 Å². The average Bonchev–Trinajstić information content (AvgIpc) is 2.45. The van der Waals surface area contributed by atoms with Crippen molar-refractivity contribution in [3.63, 3.8) is 0 Å². The van der Waals surface area contributed by atoms with Crippen LogP contribution in [0.15, 0.2) is 42.6 Å². The summed E-state index contributed by atoms with van der Waals surface area (Å²) in [7, 11) is 0. The van der Waals surface area contributed by atoms with Crippen LogP contribution >= 0.6 is 0 Å². The molecule has 1 heteroatoms. The maximum Gasteiger partial charge on any atom is 0.0704 e. The zero-order chi connectivity index (χ0) is 17.5. The van der Waals surface area contributed by atoms with Crippen molar-refractivity contribution < 1.29 is 6.85 Å². The van der Waals surface area contributed by atoms with Crippen molar-refractivity contribution in [3.05, 3.63) is 53.7 Å². The van der Waals surface area contributed by atoms with E-state index in [9.17, 15) is 0 Å². The highest BCUT2D eigenvalue weighted by Gasteiger charge is 2.11. The van der Waals surface area contributed by atoms with Gasteiger partial charge in [-0.3, -0.25) is 4.98 Å². The fourth-order valence-electron chi connectivity index (χ4n) is 1.74. The lowest BCUT2D eigenvalue weighted by molar-refractivity contribution is 0.411. The summed E-state index contributed by atoms with van der Waals surface area (Å²) in [6, 6.07) is 9.96. The Kier molecular flexibility index (Phi) is 2.12. The Balaban J connectivity index is 2.41. The summed E-state index contributed by atoms with van der Waals surface area (Å²) >= 11 is 0. The van der Waals surface area contributed by atoms with Gasteiger partial charge in [0.1, 0.15) is 0 Å². The van der Waals surface area contributed by atoms with Crippen molar-refractivity contribution >= 4 is 0 Å². The standard InChI is InChI=1S/C17H21N/c1-13-5-7-15(8-6-13)16-11-14(9-10-18-16)12-17(2,3)4/h5-11H,12H2,1-4H3/i1D3,12D2. The van der Waals surface area contributed by atoms with Crippen LogP contribution in [-0.2, 0) is 6.37 Å². The summed E-state index contributed by atoms with van der Waals surface area (Å²) in [5.74, 6) is 0. The van der Waals surface area contributed by atoms with Gasteiger partial charge in [0.05, 0.1) is 5.69 Å². The Labute approximate surface area is 117 Å². The largest absolute Gasteiger partial charge is 0.256 e. The third-order valence-corrected chi connectivity index (χ3v) is 2.46. The van der Waals surface area contributed by atoms with Gasteiger partial charge in [0.15, 0.2) is 0 Å². The second-order valence-electron chi connectivity index (χ2n) is 5.38. The van der Waals surface area contributed by atoms with E-state index in [1.165, 1.54) is 0 Å².